The molecule has 1 rings (SSSR count). The second kappa shape index (κ2) is 5.91. The van der Waals surface area contributed by atoms with E-state index >= 15 is 0 Å². The van der Waals surface area contributed by atoms with E-state index in [2.05, 4.69) is 10.3 Å². The lowest BCUT2D eigenvalue weighted by Crippen LogP contribution is -2.33. The van der Waals surface area contributed by atoms with E-state index in [-0.39, 0.29) is 5.69 Å². The maximum atomic E-state index is 12.0. The molecule has 1 N–H and O–H groups in total. The highest BCUT2D eigenvalue weighted by Crippen LogP contribution is 2.19. The van der Waals surface area contributed by atoms with Gasteiger partial charge in [0.1, 0.15) is 5.60 Å². The van der Waals surface area contributed by atoms with Gasteiger partial charge in [-0.05, 0) is 40.5 Å². The summed E-state index contributed by atoms with van der Waals surface area (Å²) >= 11 is 0. The number of rotatable bonds is 5. The fraction of sp³-hybridized carbons (Fsp3) is 0.786. The predicted octanol–water partition coefficient (Wildman–Crippen LogP) is 2.09. The molecule has 0 radical (unpaired) electrons. The molecule has 0 saturated carbocycles. The number of esters is 1. The van der Waals surface area contributed by atoms with Crippen LogP contribution in [0.2, 0.25) is 0 Å². The molecule has 0 aromatic carbocycles. The lowest BCUT2D eigenvalue weighted by Gasteiger charge is -2.25. The standard InChI is InChI=1S/C14H25N3O3/c1-7-14(19,8-2)9-17-10(3)11(15-16-17)12(18)20-13(4,5)6/h19H,7-9H2,1-6H3. The number of nitrogens with zero attached hydrogens (tertiary/aromatic N) is 3. The lowest BCUT2D eigenvalue weighted by molar-refractivity contribution is 0.00558. The van der Waals surface area contributed by atoms with Crippen molar-refractivity contribution in [1.29, 1.82) is 0 Å². The number of aromatic nitrogens is 3. The van der Waals surface area contributed by atoms with Crippen LogP contribution in [0.15, 0.2) is 0 Å². The summed E-state index contributed by atoms with van der Waals surface area (Å²) in [6, 6.07) is 0. The van der Waals surface area contributed by atoms with Crippen LogP contribution in [-0.2, 0) is 11.3 Å². The van der Waals surface area contributed by atoms with Crippen LogP contribution in [0.3, 0.4) is 0 Å². The van der Waals surface area contributed by atoms with E-state index in [1.54, 1.807) is 32.4 Å². The third-order valence-electron chi connectivity index (χ3n) is 3.34. The van der Waals surface area contributed by atoms with Gasteiger partial charge in [0.25, 0.3) is 0 Å². The zero-order valence-electron chi connectivity index (χ0n) is 13.2. The molecular weight excluding hydrogens is 258 g/mol. The minimum Gasteiger partial charge on any atom is -0.455 e. The lowest BCUT2D eigenvalue weighted by atomic mass is 9.97. The van der Waals surface area contributed by atoms with Gasteiger partial charge in [0.05, 0.1) is 17.8 Å². The van der Waals surface area contributed by atoms with Gasteiger partial charge in [-0.1, -0.05) is 19.1 Å². The van der Waals surface area contributed by atoms with Gasteiger partial charge in [-0.25, -0.2) is 9.48 Å². The molecule has 0 aliphatic rings. The molecule has 20 heavy (non-hydrogen) atoms. The summed E-state index contributed by atoms with van der Waals surface area (Å²) in [5.41, 5.74) is -0.584. The van der Waals surface area contributed by atoms with Crippen molar-refractivity contribution in [3.05, 3.63) is 11.4 Å². The zero-order chi connectivity index (χ0) is 15.6. The Morgan fingerprint density at radius 2 is 1.85 bits per heavy atom. The molecule has 6 nitrogen and oxygen atoms in total. The smallest absolute Gasteiger partial charge is 0.361 e. The minimum atomic E-state index is -0.830. The summed E-state index contributed by atoms with van der Waals surface area (Å²) in [5.74, 6) is -0.488. The first kappa shape index (κ1) is 16.6. The van der Waals surface area contributed by atoms with E-state index in [1.165, 1.54) is 0 Å². The number of carbonyl (C=O) groups excluding carboxylic acids is 1. The molecule has 0 aliphatic carbocycles. The zero-order valence-corrected chi connectivity index (χ0v) is 13.2. The Labute approximate surface area is 120 Å². The van der Waals surface area contributed by atoms with E-state index in [9.17, 15) is 9.90 Å². The quantitative estimate of drug-likeness (QED) is 0.837. The Balaban J connectivity index is 2.93. The van der Waals surface area contributed by atoms with Crippen molar-refractivity contribution < 1.29 is 14.6 Å². The van der Waals surface area contributed by atoms with Gasteiger partial charge in [0.15, 0.2) is 5.69 Å². The van der Waals surface area contributed by atoms with Gasteiger partial charge in [0.2, 0.25) is 0 Å². The summed E-state index contributed by atoms with van der Waals surface area (Å²) in [4.78, 5) is 12.0. The summed E-state index contributed by atoms with van der Waals surface area (Å²) in [7, 11) is 0. The molecule has 0 spiro atoms. The topological polar surface area (TPSA) is 77.2 Å². The monoisotopic (exact) mass is 283 g/mol. The maximum Gasteiger partial charge on any atom is 0.361 e. The Bertz CT molecular complexity index is 470. The van der Waals surface area contributed by atoms with Crippen LogP contribution in [0.25, 0.3) is 0 Å². The third kappa shape index (κ3) is 4.03. The Morgan fingerprint density at radius 1 is 1.30 bits per heavy atom. The van der Waals surface area contributed by atoms with Gasteiger partial charge in [-0.3, -0.25) is 0 Å². The number of hydrogen-bond acceptors (Lipinski definition) is 5. The van der Waals surface area contributed by atoms with Crippen molar-refractivity contribution in [2.24, 2.45) is 0 Å². The fourth-order valence-corrected chi connectivity index (χ4v) is 1.78. The maximum absolute atomic E-state index is 12.0. The van der Waals surface area contributed by atoms with E-state index < -0.39 is 17.2 Å². The molecule has 0 unspecified atom stereocenters. The van der Waals surface area contributed by atoms with Crippen LogP contribution in [0.5, 0.6) is 0 Å². The van der Waals surface area contributed by atoms with Crippen LogP contribution >= 0.6 is 0 Å². The molecule has 0 aliphatic heterocycles. The first-order valence-corrected chi connectivity index (χ1v) is 6.97. The highest BCUT2D eigenvalue weighted by Gasteiger charge is 2.28. The molecule has 114 valence electrons. The van der Waals surface area contributed by atoms with Gasteiger partial charge in [0, 0.05) is 0 Å². The van der Waals surface area contributed by atoms with Gasteiger partial charge in [-0.15, -0.1) is 5.10 Å². The average Bonchev–Trinajstić information content (AvgIpc) is 2.69. The van der Waals surface area contributed by atoms with Crippen molar-refractivity contribution in [3.8, 4) is 0 Å². The summed E-state index contributed by atoms with van der Waals surface area (Å²) < 4.78 is 6.85. The highest BCUT2D eigenvalue weighted by atomic mass is 16.6. The Kier molecular flexibility index (Phi) is 4.91. The van der Waals surface area contributed by atoms with E-state index in [4.69, 9.17) is 4.74 Å². The molecule has 0 bridgehead atoms. The first-order chi connectivity index (χ1) is 9.12. The van der Waals surface area contributed by atoms with E-state index in [0.717, 1.165) is 0 Å². The number of hydrogen-bond donors (Lipinski definition) is 1. The van der Waals surface area contributed by atoms with Crippen molar-refractivity contribution >= 4 is 5.97 Å². The van der Waals surface area contributed by atoms with Gasteiger partial charge >= 0.3 is 5.97 Å². The molecule has 0 amide bonds. The van der Waals surface area contributed by atoms with Crippen LogP contribution in [0, 0.1) is 6.92 Å². The van der Waals surface area contributed by atoms with Crippen LogP contribution < -0.4 is 0 Å². The summed E-state index contributed by atoms with van der Waals surface area (Å²) in [5, 5.41) is 18.2. The van der Waals surface area contributed by atoms with Crippen molar-refractivity contribution in [2.75, 3.05) is 0 Å². The number of carbonyl (C=O) groups is 1. The fourth-order valence-electron chi connectivity index (χ4n) is 1.78. The van der Waals surface area contributed by atoms with Crippen molar-refractivity contribution in [3.63, 3.8) is 0 Å². The molecule has 6 heteroatoms. The second-order valence-corrected chi connectivity index (χ2v) is 6.11. The molecular formula is C14H25N3O3. The average molecular weight is 283 g/mol. The molecule has 0 fully saturated rings. The SMILES string of the molecule is CCC(O)(CC)Cn1nnc(C(=O)OC(C)(C)C)c1C. The molecule has 1 heterocycles. The normalized spacial score (nSPS) is 12.6. The van der Waals surface area contributed by atoms with Crippen LogP contribution in [0.1, 0.15) is 63.6 Å². The Hall–Kier alpha value is -1.43. The predicted molar refractivity (Wildman–Crippen MR) is 75.5 cm³/mol. The Morgan fingerprint density at radius 3 is 2.30 bits per heavy atom. The van der Waals surface area contributed by atoms with Gasteiger partial charge in [-0.2, -0.15) is 0 Å². The number of aliphatic hydroxyl groups is 1. The van der Waals surface area contributed by atoms with Crippen LogP contribution in [0.4, 0.5) is 0 Å². The molecule has 1 aromatic rings. The van der Waals surface area contributed by atoms with E-state index in [1.807, 2.05) is 13.8 Å². The third-order valence-corrected chi connectivity index (χ3v) is 3.34. The molecule has 0 saturated heterocycles. The van der Waals surface area contributed by atoms with Crippen molar-refractivity contribution in [1.82, 2.24) is 15.0 Å². The van der Waals surface area contributed by atoms with Gasteiger partial charge < -0.3 is 9.84 Å². The number of ether oxygens (including phenoxy) is 1. The largest absolute Gasteiger partial charge is 0.455 e. The highest BCUT2D eigenvalue weighted by molar-refractivity contribution is 5.88. The summed E-state index contributed by atoms with van der Waals surface area (Å²) in [6.07, 6.45) is 1.23. The minimum absolute atomic E-state index is 0.203. The molecule has 0 atom stereocenters. The van der Waals surface area contributed by atoms with Crippen LogP contribution in [-0.4, -0.2) is 37.3 Å². The summed E-state index contributed by atoms with van der Waals surface area (Å²) in [6.45, 7) is 11.3. The second-order valence-electron chi connectivity index (χ2n) is 6.11. The molecule has 1 aromatic heterocycles. The first-order valence-electron chi connectivity index (χ1n) is 6.97. The van der Waals surface area contributed by atoms with E-state index in [0.29, 0.717) is 25.1 Å². The van der Waals surface area contributed by atoms with Crippen molar-refractivity contribution in [2.45, 2.75) is 72.1 Å².